The van der Waals surface area contributed by atoms with Crippen LogP contribution in [0.15, 0.2) is 0 Å². The van der Waals surface area contributed by atoms with Crippen molar-refractivity contribution < 1.29 is 0 Å². The molecular formula is C8H16BClIP-. The Hall–Kier alpha value is 1.51. The van der Waals surface area contributed by atoms with Gasteiger partial charge in [0.15, 0.2) is 0 Å². The quantitative estimate of drug-likeness (QED) is 0.243. The second-order valence-corrected chi connectivity index (χ2v) is 6.81. The molecule has 0 aromatic carbocycles. The predicted octanol–water partition coefficient (Wildman–Crippen LogP) is 3.84. The lowest BCUT2D eigenvalue weighted by molar-refractivity contribution is 0.367. The van der Waals surface area contributed by atoms with Crippen molar-refractivity contribution in [3.8, 4) is 0 Å². The first kappa shape index (κ1) is 13.5. The third kappa shape index (κ3) is 5.29. The molecule has 0 aromatic rings. The number of alkyl halides is 1. The minimum atomic E-state index is -0.117. The van der Waals surface area contributed by atoms with Crippen LogP contribution in [0.1, 0.15) is 34.1 Å². The first-order chi connectivity index (χ1) is 5.19. The van der Waals surface area contributed by atoms with Gasteiger partial charge in [-0.1, -0.05) is 20.3 Å². The summed E-state index contributed by atoms with van der Waals surface area (Å²) in [5, 5.41) is 0. The van der Waals surface area contributed by atoms with Gasteiger partial charge in [0.2, 0.25) is 0 Å². The van der Waals surface area contributed by atoms with Gasteiger partial charge in [-0.2, -0.15) is 5.41 Å². The molecule has 1 atom stereocenters. The second kappa shape index (κ2) is 4.84. The van der Waals surface area contributed by atoms with E-state index in [9.17, 15) is 0 Å². The van der Waals surface area contributed by atoms with Gasteiger partial charge < -0.3 is 22.6 Å². The third-order valence-electron chi connectivity index (χ3n) is 1.66. The van der Waals surface area contributed by atoms with E-state index in [4.69, 9.17) is 11.6 Å². The molecule has 0 aliphatic rings. The number of hydrogen-bond donors (Lipinski definition) is 0. The van der Waals surface area contributed by atoms with Crippen molar-refractivity contribution in [2.24, 2.45) is 5.41 Å². The molecule has 0 heterocycles. The molecule has 0 nitrogen and oxygen atoms in total. The summed E-state index contributed by atoms with van der Waals surface area (Å²) in [5.41, 5.74) is 0.188. The van der Waals surface area contributed by atoms with Gasteiger partial charge in [-0.3, -0.25) is 3.82 Å². The molecule has 0 N–H and O–H groups in total. The van der Waals surface area contributed by atoms with Gasteiger partial charge in [0.05, 0.1) is 0 Å². The smallest absolute Gasteiger partial charge is 0.0371 e. The largest absolute Gasteiger partial charge is 0.318 e. The van der Waals surface area contributed by atoms with E-state index in [0.717, 1.165) is 6.42 Å². The van der Waals surface area contributed by atoms with Crippen LogP contribution in [0.5, 0.6) is 0 Å². The van der Waals surface area contributed by atoms with E-state index in [-0.39, 0.29) is 10.3 Å². The van der Waals surface area contributed by atoms with Crippen LogP contribution in [0, 0.1) is 9.24 Å². The summed E-state index contributed by atoms with van der Waals surface area (Å²) in [4.78, 5) is -0.117. The lowest BCUT2D eigenvalue weighted by Crippen LogP contribution is -2.28. The van der Waals surface area contributed by atoms with Crippen molar-refractivity contribution in [2.75, 3.05) is 0 Å². The van der Waals surface area contributed by atoms with Crippen LogP contribution in [0.25, 0.3) is 0 Å². The van der Waals surface area contributed by atoms with E-state index < -0.39 is 0 Å². The molecular weight excluding hydrogens is 300 g/mol. The molecule has 0 fully saturated rings. The van der Waals surface area contributed by atoms with Crippen molar-refractivity contribution in [1.82, 2.24) is 0 Å². The maximum absolute atomic E-state index is 6.18. The molecule has 12 heavy (non-hydrogen) atoms. The maximum Gasteiger partial charge on any atom is 0.0371 e. The maximum atomic E-state index is 6.18. The van der Waals surface area contributed by atoms with Crippen LogP contribution < -0.4 is 0 Å². The molecule has 1 unspecified atom stereocenters. The summed E-state index contributed by atoms with van der Waals surface area (Å²) in [6, 6.07) is 0. The molecule has 4 heteroatoms. The average Bonchev–Trinajstić information content (AvgIpc) is 1.80. The van der Waals surface area contributed by atoms with E-state index in [1.165, 1.54) is 3.82 Å². The molecule has 0 bridgehead atoms. The highest BCUT2D eigenvalue weighted by Crippen LogP contribution is 2.42. The topological polar surface area (TPSA) is 0 Å². The molecule has 1 radical (unpaired) electrons. The van der Waals surface area contributed by atoms with E-state index in [0.29, 0.717) is 0 Å². The number of hydrogen-bond acceptors (Lipinski definition) is 0. The van der Waals surface area contributed by atoms with E-state index in [1.54, 1.807) is 0 Å². The van der Waals surface area contributed by atoms with E-state index >= 15 is 0 Å². The molecule has 0 rings (SSSR count). The van der Waals surface area contributed by atoms with Gasteiger partial charge in [0.25, 0.3) is 0 Å². The third-order valence-corrected chi connectivity index (χ3v) is 4.62. The highest BCUT2D eigenvalue weighted by molar-refractivity contribution is 14.1. The molecule has 71 valence electrons. The van der Waals surface area contributed by atoms with Crippen LogP contribution in [0.4, 0.5) is 0 Å². The van der Waals surface area contributed by atoms with Crippen LogP contribution >= 0.6 is 43.3 Å². The monoisotopic (exact) mass is 316 g/mol. The van der Waals surface area contributed by atoms with E-state index in [2.05, 4.69) is 66.4 Å². The minimum Gasteiger partial charge on any atom is -0.318 e. The summed E-state index contributed by atoms with van der Waals surface area (Å²) in [5.74, 6) is 0. The summed E-state index contributed by atoms with van der Waals surface area (Å²) >= 11 is 8.55. The van der Waals surface area contributed by atoms with Gasteiger partial charge >= 0.3 is 0 Å². The Morgan fingerprint density at radius 1 is 1.42 bits per heavy atom. The van der Waals surface area contributed by atoms with Gasteiger partial charge in [-0.25, -0.2) is 9.12 Å². The molecule has 0 saturated heterocycles. The van der Waals surface area contributed by atoms with Crippen molar-refractivity contribution in [3.63, 3.8) is 0 Å². The Labute approximate surface area is 98.1 Å². The Bertz CT molecular complexity index is 144. The normalized spacial score (nSPS) is 13.7. The van der Waals surface area contributed by atoms with Gasteiger partial charge in [-0.15, -0.1) is 11.6 Å². The first-order valence-electron chi connectivity index (χ1n) is 3.96. The van der Waals surface area contributed by atoms with E-state index in [1.807, 2.05) is 0 Å². The van der Waals surface area contributed by atoms with Crippen molar-refractivity contribution in [3.05, 3.63) is 3.82 Å². The molecule has 0 saturated carbocycles. The van der Waals surface area contributed by atoms with Crippen molar-refractivity contribution in [1.29, 1.82) is 0 Å². The van der Waals surface area contributed by atoms with Crippen molar-refractivity contribution >= 4 is 50.3 Å². The van der Waals surface area contributed by atoms with Crippen LogP contribution in [0.3, 0.4) is 0 Å². The Morgan fingerprint density at radius 2 is 1.83 bits per heavy atom. The lowest BCUT2D eigenvalue weighted by atomic mass is 9.73. The van der Waals surface area contributed by atoms with Gasteiger partial charge in [0.1, 0.15) is 0 Å². The molecule has 0 aliphatic heterocycles. The lowest BCUT2D eigenvalue weighted by Gasteiger charge is -2.45. The number of halogens is 2. The van der Waals surface area contributed by atoms with Crippen LogP contribution in [-0.4, -0.2) is 11.9 Å². The highest BCUT2D eigenvalue weighted by atomic mass is 127. The first-order valence-corrected chi connectivity index (χ1v) is 6.08. The zero-order chi connectivity index (χ0) is 9.99. The predicted molar refractivity (Wildman–Crippen MR) is 71.1 cm³/mol. The Kier molecular flexibility index (Phi) is 5.45. The zero-order valence-corrected chi connectivity index (χ0v) is 12.2. The van der Waals surface area contributed by atoms with Crippen LogP contribution in [-0.2, 0) is 0 Å². The van der Waals surface area contributed by atoms with Crippen molar-refractivity contribution in [2.45, 2.75) is 39.0 Å². The second-order valence-electron chi connectivity index (χ2n) is 4.29. The Morgan fingerprint density at radius 3 is 2.08 bits per heavy atom. The van der Waals surface area contributed by atoms with Gasteiger partial charge in [0, 0.05) is 4.87 Å². The summed E-state index contributed by atoms with van der Waals surface area (Å²) < 4.78 is 1.35. The fourth-order valence-corrected chi connectivity index (χ4v) is 2.34. The fraction of sp³-hybridized carbons (Fsp3) is 0.875. The SMILES string of the molecule is CC(C)(Cl)CC(C)(C)[C-](I)[B]P. The highest BCUT2D eigenvalue weighted by Gasteiger charge is 2.23. The number of rotatable bonds is 4. The van der Waals surface area contributed by atoms with Gasteiger partial charge in [-0.05, 0) is 20.8 Å². The Balaban J connectivity index is 4.22. The summed E-state index contributed by atoms with van der Waals surface area (Å²) in [6.07, 6.45) is 0.991. The minimum absolute atomic E-state index is 0.117. The van der Waals surface area contributed by atoms with Crippen LogP contribution in [0.2, 0.25) is 0 Å². The summed E-state index contributed by atoms with van der Waals surface area (Å²) in [6.45, 7) is 10.6. The standard InChI is InChI=1S/C8H16BClIP/c1-7(2,6(11)9-12)5-8(3,4)10/h5,12H2,1-4H3/q-1. The average molecular weight is 316 g/mol. The fourth-order valence-electron chi connectivity index (χ4n) is 1.36. The summed E-state index contributed by atoms with van der Waals surface area (Å²) in [7, 11) is 2.64. The molecule has 0 aliphatic carbocycles. The molecule has 0 aromatic heterocycles. The zero-order valence-electron chi connectivity index (χ0n) is 8.12. The molecule has 0 amide bonds. The molecule has 0 spiro atoms.